The first-order valence-electron chi connectivity index (χ1n) is 6.69. The second kappa shape index (κ2) is 5.61. The summed E-state index contributed by atoms with van der Waals surface area (Å²) in [5.74, 6) is 0.629. The predicted octanol–water partition coefficient (Wildman–Crippen LogP) is 1.79. The Kier molecular flexibility index (Phi) is 4.28. The molecule has 0 aliphatic heterocycles. The van der Waals surface area contributed by atoms with Crippen LogP contribution in [0.2, 0.25) is 0 Å². The number of benzene rings is 1. The molecule has 106 valence electrons. The monoisotopic (exact) mass is 282 g/mol. The van der Waals surface area contributed by atoms with E-state index in [1.54, 1.807) is 6.07 Å². The van der Waals surface area contributed by atoms with Gasteiger partial charge in [-0.15, -0.1) is 0 Å². The molecule has 1 aliphatic carbocycles. The lowest BCUT2D eigenvalue weighted by atomic mass is 9.83. The van der Waals surface area contributed by atoms with Crippen LogP contribution in [-0.4, -0.2) is 21.5 Å². The highest BCUT2D eigenvalue weighted by atomic mass is 32.2. The largest absolute Gasteiger partial charge is 0.316 e. The summed E-state index contributed by atoms with van der Waals surface area (Å²) in [6.45, 7) is 4.65. The molecule has 2 rings (SSSR count). The smallest absolute Gasteiger partial charge is 0.241 e. The van der Waals surface area contributed by atoms with Gasteiger partial charge in [-0.05, 0) is 49.9 Å². The van der Waals surface area contributed by atoms with Gasteiger partial charge in [-0.3, -0.25) is 0 Å². The van der Waals surface area contributed by atoms with Crippen molar-refractivity contribution in [2.45, 2.75) is 44.2 Å². The zero-order valence-electron chi connectivity index (χ0n) is 11.7. The highest BCUT2D eigenvalue weighted by Crippen LogP contribution is 2.28. The lowest BCUT2D eigenvalue weighted by molar-refractivity contribution is 0.270. The molecule has 5 heteroatoms. The Balaban J connectivity index is 2.21. The van der Waals surface area contributed by atoms with Gasteiger partial charge >= 0.3 is 0 Å². The Morgan fingerprint density at radius 3 is 2.58 bits per heavy atom. The summed E-state index contributed by atoms with van der Waals surface area (Å²) in [4.78, 5) is 0.403. The highest BCUT2D eigenvalue weighted by molar-refractivity contribution is 7.89. The van der Waals surface area contributed by atoms with Crippen LogP contribution in [0.4, 0.5) is 0 Å². The van der Waals surface area contributed by atoms with E-state index in [1.807, 2.05) is 26.1 Å². The molecule has 1 fully saturated rings. The topological polar surface area (TPSA) is 58.2 Å². The van der Waals surface area contributed by atoms with E-state index in [-0.39, 0.29) is 6.04 Å². The fourth-order valence-electron chi connectivity index (χ4n) is 2.53. The van der Waals surface area contributed by atoms with Crippen LogP contribution in [0, 0.1) is 12.8 Å². The van der Waals surface area contributed by atoms with Crippen molar-refractivity contribution in [3.05, 3.63) is 29.3 Å². The summed E-state index contributed by atoms with van der Waals surface area (Å²) in [6, 6.07) is 5.68. The van der Waals surface area contributed by atoms with E-state index in [1.165, 1.54) is 0 Å². The van der Waals surface area contributed by atoms with Gasteiger partial charge in [0.25, 0.3) is 0 Å². The van der Waals surface area contributed by atoms with E-state index in [4.69, 9.17) is 0 Å². The maximum absolute atomic E-state index is 12.4. The summed E-state index contributed by atoms with van der Waals surface area (Å²) in [5.41, 5.74) is 1.77. The minimum Gasteiger partial charge on any atom is -0.316 e. The molecule has 2 N–H and O–H groups in total. The van der Waals surface area contributed by atoms with Crippen LogP contribution >= 0.6 is 0 Å². The molecule has 0 radical (unpaired) electrons. The zero-order valence-corrected chi connectivity index (χ0v) is 12.5. The fourth-order valence-corrected chi connectivity index (χ4v) is 4.09. The third kappa shape index (κ3) is 3.35. The van der Waals surface area contributed by atoms with E-state index in [0.717, 1.165) is 24.0 Å². The van der Waals surface area contributed by atoms with Gasteiger partial charge in [-0.2, -0.15) is 0 Å². The molecular weight excluding hydrogens is 260 g/mol. The third-order valence-corrected chi connectivity index (χ3v) is 5.28. The van der Waals surface area contributed by atoms with Crippen LogP contribution in [0.3, 0.4) is 0 Å². The number of hydrogen-bond donors (Lipinski definition) is 2. The maximum Gasteiger partial charge on any atom is 0.241 e. The molecule has 0 unspecified atom stereocenters. The fraction of sp³-hybridized carbons (Fsp3) is 0.571. The lowest BCUT2D eigenvalue weighted by Crippen LogP contribution is -2.43. The molecule has 1 aliphatic rings. The molecule has 0 atom stereocenters. The van der Waals surface area contributed by atoms with Crippen LogP contribution in [0.5, 0.6) is 0 Å². The summed E-state index contributed by atoms with van der Waals surface area (Å²) in [5, 5.41) is 3.04. The van der Waals surface area contributed by atoms with Gasteiger partial charge < -0.3 is 5.32 Å². The van der Waals surface area contributed by atoms with Gasteiger partial charge in [-0.25, -0.2) is 13.1 Å². The average molecular weight is 282 g/mol. The molecule has 4 nitrogen and oxygen atoms in total. The van der Waals surface area contributed by atoms with Crippen molar-refractivity contribution < 1.29 is 8.42 Å². The van der Waals surface area contributed by atoms with Crippen molar-refractivity contribution in [2.24, 2.45) is 5.92 Å². The Morgan fingerprint density at radius 2 is 2.00 bits per heavy atom. The molecule has 19 heavy (non-hydrogen) atoms. The Morgan fingerprint density at radius 1 is 1.32 bits per heavy atom. The minimum atomic E-state index is -3.39. The van der Waals surface area contributed by atoms with Gasteiger partial charge in [0.1, 0.15) is 0 Å². The summed E-state index contributed by atoms with van der Waals surface area (Å²) in [6.07, 6.45) is 1.88. The lowest BCUT2D eigenvalue weighted by Gasteiger charge is -2.33. The Labute approximate surface area is 115 Å². The second-order valence-electron chi connectivity index (χ2n) is 5.52. The summed E-state index contributed by atoms with van der Waals surface area (Å²) in [7, 11) is -1.54. The Hall–Kier alpha value is -0.910. The molecular formula is C14H22N2O2S. The Bertz CT molecular complexity index is 549. The standard InChI is InChI=1S/C14H22N2O2S/c1-10-6-13(7-10)16-19(17,18)14-8-12(9-15-3)5-4-11(14)2/h4-5,8,10,13,15-16H,6-7,9H2,1-3H3. The van der Waals surface area contributed by atoms with Crippen LogP contribution < -0.4 is 10.0 Å². The first kappa shape index (κ1) is 14.5. The van der Waals surface area contributed by atoms with Crippen LogP contribution in [0.1, 0.15) is 30.9 Å². The number of hydrogen-bond acceptors (Lipinski definition) is 3. The van der Waals surface area contributed by atoms with Gasteiger partial charge in [0.15, 0.2) is 0 Å². The number of rotatable bonds is 5. The minimum absolute atomic E-state index is 0.104. The van der Waals surface area contributed by atoms with Gasteiger partial charge in [0, 0.05) is 12.6 Å². The summed E-state index contributed by atoms with van der Waals surface area (Å²) < 4.78 is 27.6. The molecule has 0 amide bonds. The normalized spacial score (nSPS) is 23.1. The molecule has 1 aromatic carbocycles. The maximum atomic E-state index is 12.4. The van der Waals surface area contributed by atoms with Gasteiger partial charge in [0.05, 0.1) is 4.90 Å². The molecule has 0 bridgehead atoms. The van der Waals surface area contributed by atoms with Crippen LogP contribution in [0.25, 0.3) is 0 Å². The predicted molar refractivity (Wildman–Crippen MR) is 76.5 cm³/mol. The van der Waals surface area contributed by atoms with Crippen LogP contribution in [0.15, 0.2) is 23.1 Å². The van der Waals surface area contributed by atoms with E-state index in [2.05, 4.69) is 17.0 Å². The average Bonchev–Trinajstić information content (AvgIpc) is 2.29. The first-order valence-corrected chi connectivity index (χ1v) is 8.17. The number of aryl methyl sites for hydroxylation is 1. The highest BCUT2D eigenvalue weighted by Gasteiger charge is 2.30. The molecule has 0 saturated heterocycles. The van der Waals surface area contributed by atoms with Gasteiger partial charge in [0.2, 0.25) is 10.0 Å². The van der Waals surface area contributed by atoms with E-state index >= 15 is 0 Å². The van der Waals surface area contributed by atoms with Crippen molar-refractivity contribution in [2.75, 3.05) is 7.05 Å². The number of sulfonamides is 1. The molecule has 0 heterocycles. The van der Waals surface area contributed by atoms with Gasteiger partial charge in [-0.1, -0.05) is 19.1 Å². The number of nitrogens with one attached hydrogen (secondary N) is 2. The second-order valence-corrected chi connectivity index (χ2v) is 7.21. The molecule has 0 spiro atoms. The molecule has 1 saturated carbocycles. The summed E-state index contributed by atoms with van der Waals surface area (Å²) >= 11 is 0. The van der Waals surface area contributed by atoms with E-state index in [9.17, 15) is 8.42 Å². The van der Waals surface area contributed by atoms with Crippen molar-refractivity contribution in [3.63, 3.8) is 0 Å². The SMILES string of the molecule is CNCc1ccc(C)c(S(=O)(=O)NC2CC(C)C2)c1. The van der Waals surface area contributed by atoms with Crippen LogP contribution in [-0.2, 0) is 16.6 Å². The van der Waals surface area contributed by atoms with E-state index in [0.29, 0.717) is 17.4 Å². The first-order chi connectivity index (χ1) is 8.92. The molecule has 0 aromatic heterocycles. The van der Waals surface area contributed by atoms with Crippen molar-refractivity contribution in [3.8, 4) is 0 Å². The molecule has 1 aromatic rings. The zero-order chi connectivity index (χ0) is 14.0. The van der Waals surface area contributed by atoms with Crippen molar-refractivity contribution in [1.82, 2.24) is 10.0 Å². The third-order valence-electron chi connectivity index (χ3n) is 3.62. The van der Waals surface area contributed by atoms with E-state index < -0.39 is 10.0 Å². The quantitative estimate of drug-likeness (QED) is 0.865. The van der Waals surface area contributed by atoms with Crippen molar-refractivity contribution in [1.29, 1.82) is 0 Å². The van der Waals surface area contributed by atoms with Crippen molar-refractivity contribution >= 4 is 10.0 Å².